The molecule has 1 aliphatic heterocycles. The van der Waals surface area contributed by atoms with Crippen molar-refractivity contribution in [3.05, 3.63) is 46.3 Å². The highest BCUT2D eigenvalue weighted by molar-refractivity contribution is 5.16. The SMILES string of the molecule is [N-]=[N+]=NC1(C2CC2)CCN(Cc2ccccc2)C1. The first kappa shape index (κ1) is 11.6. The maximum atomic E-state index is 8.78. The van der Waals surface area contributed by atoms with E-state index in [-0.39, 0.29) is 5.54 Å². The summed E-state index contributed by atoms with van der Waals surface area (Å²) in [5.41, 5.74) is 10.0. The second-order valence-corrected chi connectivity index (χ2v) is 5.51. The van der Waals surface area contributed by atoms with Crippen molar-refractivity contribution in [3.63, 3.8) is 0 Å². The predicted octanol–water partition coefficient (Wildman–Crippen LogP) is 3.35. The number of nitrogens with zero attached hydrogens (tertiary/aromatic N) is 4. The van der Waals surface area contributed by atoms with Gasteiger partial charge in [-0.3, -0.25) is 4.90 Å². The van der Waals surface area contributed by atoms with E-state index in [9.17, 15) is 0 Å². The molecular formula is C14H18N4. The lowest BCUT2D eigenvalue weighted by Crippen LogP contribution is -2.33. The van der Waals surface area contributed by atoms with Gasteiger partial charge < -0.3 is 0 Å². The molecule has 1 unspecified atom stereocenters. The van der Waals surface area contributed by atoms with Crippen LogP contribution in [-0.4, -0.2) is 23.5 Å². The molecule has 4 nitrogen and oxygen atoms in total. The summed E-state index contributed by atoms with van der Waals surface area (Å²) in [7, 11) is 0. The van der Waals surface area contributed by atoms with E-state index < -0.39 is 0 Å². The highest BCUT2D eigenvalue weighted by atomic mass is 15.3. The van der Waals surface area contributed by atoms with Gasteiger partial charge in [0.25, 0.3) is 0 Å². The first-order chi connectivity index (χ1) is 8.82. The van der Waals surface area contributed by atoms with Gasteiger partial charge in [-0.05, 0) is 42.8 Å². The lowest BCUT2D eigenvalue weighted by Gasteiger charge is -2.23. The van der Waals surface area contributed by atoms with Crippen LogP contribution in [0.2, 0.25) is 0 Å². The summed E-state index contributed by atoms with van der Waals surface area (Å²) < 4.78 is 0. The minimum Gasteiger partial charge on any atom is -0.298 e. The Bertz CT molecular complexity index is 462. The van der Waals surface area contributed by atoms with Gasteiger partial charge in [0.1, 0.15) is 0 Å². The quantitative estimate of drug-likeness (QED) is 0.454. The van der Waals surface area contributed by atoms with E-state index >= 15 is 0 Å². The fourth-order valence-corrected chi connectivity index (χ4v) is 3.08. The van der Waals surface area contributed by atoms with E-state index in [4.69, 9.17) is 5.53 Å². The Morgan fingerprint density at radius 2 is 2.11 bits per heavy atom. The number of likely N-dealkylation sites (tertiary alicyclic amines) is 1. The molecule has 0 bridgehead atoms. The van der Waals surface area contributed by atoms with Crippen molar-refractivity contribution in [1.82, 2.24) is 4.90 Å². The van der Waals surface area contributed by atoms with Crippen LogP contribution in [-0.2, 0) is 6.54 Å². The van der Waals surface area contributed by atoms with Crippen molar-refractivity contribution >= 4 is 0 Å². The first-order valence-corrected chi connectivity index (χ1v) is 6.65. The number of hydrogen-bond acceptors (Lipinski definition) is 2. The highest BCUT2D eigenvalue weighted by Crippen LogP contribution is 2.47. The standard InChI is InChI=1S/C14H18N4/c15-17-16-14(13-6-7-13)8-9-18(11-14)10-12-4-2-1-3-5-12/h1-5,13H,6-11H2. The second-order valence-electron chi connectivity index (χ2n) is 5.51. The molecule has 0 aromatic heterocycles. The zero-order chi connectivity index (χ0) is 12.4. The summed E-state index contributed by atoms with van der Waals surface area (Å²) in [6.45, 7) is 2.94. The molecule has 18 heavy (non-hydrogen) atoms. The number of rotatable bonds is 4. The van der Waals surface area contributed by atoms with E-state index in [1.807, 2.05) is 6.07 Å². The summed E-state index contributed by atoms with van der Waals surface area (Å²) in [6.07, 6.45) is 3.49. The molecule has 1 atom stereocenters. The molecule has 0 N–H and O–H groups in total. The average molecular weight is 242 g/mol. The van der Waals surface area contributed by atoms with Crippen molar-refractivity contribution in [2.24, 2.45) is 11.0 Å². The molecule has 94 valence electrons. The third-order valence-corrected chi connectivity index (χ3v) is 4.19. The van der Waals surface area contributed by atoms with Crippen LogP contribution in [0.15, 0.2) is 35.4 Å². The summed E-state index contributed by atoms with van der Waals surface area (Å²) in [6, 6.07) is 10.5. The van der Waals surface area contributed by atoms with Crippen LogP contribution < -0.4 is 0 Å². The number of azide groups is 1. The number of benzene rings is 1. The van der Waals surface area contributed by atoms with Gasteiger partial charge in [-0.1, -0.05) is 35.4 Å². The van der Waals surface area contributed by atoms with Crippen molar-refractivity contribution in [3.8, 4) is 0 Å². The van der Waals surface area contributed by atoms with E-state index in [0.29, 0.717) is 5.92 Å². The van der Waals surface area contributed by atoms with Crippen LogP contribution in [0.3, 0.4) is 0 Å². The number of hydrogen-bond donors (Lipinski definition) is 0. The van der Waals surface area contributed by atoms with Crippen molar-refractivity contribution in [1.29, 1.82) is 0 Å². The normalized spacial score (nSPS) is 28.0. The summed E-state index contributed by atoms with van der Waals surface area (Å²) in [5, 5.41) is 4.15. The molecule has 2 fully saturated rings. The lowest BCUT2D eigenvalue weighted by atomic mass is 9.94. The molecule has 1 saturated heterocycles. The van der Waals surface area contributed by atoms with Crippen molar-refractivity contribution in [2.75, 3.05) is 13.1 Å². The van der Waals surface area contributed by atoms with E-state index in [1.54, 1.807) is 0 Å². The molecule has 1 saturated carbocycles. The second kappa shape index (κ2) is 4.63. The fourth-order valence-electron chi connectivity index (χ4n) is 3.08. The summed E-state index contributed by atoms with van der Waals surface area (Å²) >= 11 is 0. The molecular weight excluding hydrogens is 224 g/mol. The molecule has 1 aromatic rings. The third-order valence-electron chi connectivity index (χ3n) is 4.19. The molecule has 0 spiro atoms. The van der Waals surface area contributed by atoms with Crippen LogP contribution in [0.5, 0.6) is 0 Å². The fraction of sp³-hybridized carbons (Fsp3) is 0.571. The van der Waals surface area contributed by atoms with Gasteiger partial charge in [0.05, 0.1) is 5.54 Å². The molecule has 1 heterocycles. The molecule has 2 aliphatic rings. The predicted molar refractivity (Wildman–Crippen MR) is 70.9 cm³/mol. The van der Waals surface area contributed by atoms with Crippen LogP contribution in [0.4, 0.5) is 0 Å². The van der Waals surface area contributed by atoms with Crippen LogP contribution in [0.25, 0.3) is 10.4 Å². The first-order valence-electron chi connectivity index (χ1n) is 6.65. The van der Waals surface area contributed by atoms with Gasteiger partial charge in [-0.25, -0.2) is 0 Å². The van der Waals surface area contributed by atoms with Crippen LogP contribution >= 0.6 is 0 Å². The molecule has 1 aromatic carbocycles. The van der Waals surface area contributed by atoms with E-state index in [1.165, 1.54) is 18.4 Å². The van der Waals surface area contributed by atoms with E-state index in [0.717, 1.165) is 26.1 Å². The maximum absolute atomic E-state index is 8.78. The van der Waals surface area contributed by atoms with Gasteiger partial charge in [0, 0.05) is 18.0 Å². The Hall–Kier alpha value is -1.51. The third kappa shape index (κ3) is 2.22. The van der Waals surface area contributed by atoms with Crippen LogP contribution in [0.1, 0.15) is 24.8 Å². The van der Waals surface area contributed by atoms with Gasteiger partial charge in [-0.15, -0.1) is 0 Å². The summed E-state index contributed by atoms with van der Waals surface area (Å²) in [5.74, 6) is 0.633. The average Bonchev–Trinajstić information content (AvgIpc) is 3.17. The van der Waals surface area contributed by atoms with Gasteiger partial charge in [-0.2, -0.15) is 0 Å². The monoisotopic (exact) mass is 242 g/mol. The van der Waals surface area contributed by atoms with Gasteiger partial charge in [0.15, 0.2) is 0 Å². The lowest BCUT2D eigenvalue weighted by molar-refractivity contribution is 0.290. The zero-order valence-electron chi connectivity index (χ0n) is 10.5. The van der Waals surface area contributed by atoms with Gasteiger partial charge in [0.2, 0.25) is 0 Å². The molecule has 0 amide bonds. The largest absolute Gasteiger partial charge is 0.298 e. The maximum Gasteiger partial charge on any atom is 0.0655 e. The minimum absolute atomic E-state index is 0.108. The topological polar surface area (TPSA) is 52.0 Å². The highest BCUT2D eigenvalue weighted by Gasteiger charge is 2.48. The smallest absolute Gasteiger partial charge is 0.0655 e. The Kier molecular flexibility index (Phi) is 2.98. The Balaban J connectivity index is 1.69. The summed E-state index contributed by atoms with van der Waals surface area (Å²) in [4.78, 5) is 5.51. The Labute approximate surface area is 107 Å². The molecule has 0 radical (unpaired) electrons. The van der Waals surface area contributed by atoms with Crippen molar-refractivity contribution < 1.29 is 0 Å². The zero-order valence-corrected chi connectivity index (χ0v) is 10.5. The molecule has 1 aliphatic carbocycles. The van der Waals surface area contributed by atoms with Gasteiger partial charge >= 0.3 is 0 Å². The molecule has 4 heteroatoms. The van der Waals surface area contributed by atoms with Crippen LogP contribution in [0, 0.1) is 5.92 Å². The van der Waals surface area contributed by atoms with E-state index in [2.05, 4.69) is 39.2 Å². The van der Waals surface area contributed by atoms with Crippen molar-refractivity contribution in [2.45, 2.75) is 31.3 Å². The minimum atomic E-state index is -0.108. The Morgan fingerprint density at radius 1 is 1.33 bits per heavy atom. The Morgan fingerprint density at radius 3 is 2.78 bits per heavy atom. The molecule has 3 rings (SSSR count).